The zero-order valence-electron chi connectivity index (χ0n) is 21.4. The molecule has 196 valence electrons. The standard InChI is InChI=1S/C25H33FN4O6/c1-15-14-35-24-21-17(11-19(26)22(24)28-8-6-27(2)7-9-28)23(33)18(12-29(15)21)25(34)36-16(10-20(31)32)13-30(3,4)5/h11-12,15-16H,6-10,13-14H2,1-5H3/p+1/t15-,16?/m0/s1. The fourth-order valence-electron chi connectivity index (χ4n) is 4.85. The average molecular weight is 506 g/mol. The van der Waals surface area contributed by atoms with E-state index in [4.69, 9.17) is 9.47 Å². The van der Waals surface area contributed by atoms with E-state index in [-0.39, 0.29) is 36.6 Å². The molecule has 2 aliphatic rings. The molecule has 11 heteroatoms. The molecule has 4 rings (SSSR count). The van der Waals surface area contributed by atoms with Gasteiger partial charge < -0.3 is 33.4 Å². The number of halogens is 1. The first kappa shape index (κ1) is 25.9. The Balaban J connectivity index is 1.78. The maximum atomic E-state index is 15.5. The van der Waals surface area contributed by atoms with E-state index in [2.05, 4.69) is 4.90 Å². The number of likely N-dealkylation sites (N-methyl/N-ethyl adjacent to an activating group) is 2. The molecule has 1 unspecified atom stereocenters. The van der Waals surface area contributed by atoms with Gasteiger partial charge >= 0.3 is 11.9 Å². The van der Waals surface area contributed by atoms with Gasteiger partial charge in [0.15, 0.2) is 17.7 Å². The molecule has 0 radical (unpaired) electrons. The van der Waals surface area contributed by atoms with Crippen molar-refractivity contribution in [2.24, 2.45) is 0 Å². The number of quaternary nitrogens is 1. The monoisotopic (exact) mass is 505 g/mol. The van der Waals surface area contributed by atoms with Gasteiger partial charge in [-0.2, -0.15) is 0 Å². The molecule has 1 fully saturated rings. The largest absolute Gasteiger partial charge is 0.487 e. The van der Waals surface area contributed by atoms with Crippen molar-refractivity contribution in [1.82, 2.24) is 9.47 Å². The van der Waals surface area contributed by atoms with Crippen LogP contribution in [-0.4, -0.2) is 105 Å². The SMILES string of the molecule is C[C@H]1COc2c(N3CCN(C)CC3)c(F)cc3c(=O)c(C(=O)OC(CC(=O)O)C[N+](C)(C)C)cn1c23. The Labute approximate surface area is 209 Å². The molecule has 0 saturated carbocycles. The molecule has 0 aliphatic carbocycles. The van der Waals surface area contributed by atoms with Crippen LogP contribution in [0, 0.1) is 5.82 Å². The number of benzene rings is 1. The van der Waals surface area contributed by atoms with Crippen LogP contribution in [0.1, 0.15) is 29.7 Å². The molecule has 2 atom stereocenters. The molecule has 0 amide bonds. The predicted molar refractivity (Wildman–Crippen MR) is 132 cm³/mol. The summed E-state index contributed by atoms with van der Waals surface area (Å²) in [5, 5.41) is 9.30. The van der Waals surface area contributed by atoms with E-state index in [9.17, 15) is 19.5 Å². The highest BCUT2D eigenvalue weighted by molar-refractivity contribution is 5.98. The van der Waals surface area contributed by atoms with E-state index in [1.807, 2.05) is 40.0 Å². The van der Waals surface area contributed by atoms with E-state index >= 15 is 4.39 Å². The Morgan fingerprint density at radius 3 is 2.53 bits per heavy atom. The van der Waals surface area contributed by atoms with E-state index in [1.54, 1.807) is 4.57 Å². The van der Waals surface area contributed by atoms with Crippen LogP contribution in [0.15, 0.2) is 17.1 Å². The number of carbonyl (C=O) groups is 2. The van der Waals surface area contributed by atoms with Crippen LogP contribution < -0.4 is 15.1 Å². The molecule has 1 aromatic carbocycles. The van der Waals surface area contributed by atoms with Crippen molar-refractivity contribution in [3.63, 3.8) is 0 Å². The molecule has 1 N–H and O–H groups in total. The molecule has 1 aromatic heterocycles. The Hall–Kier alpha value is -3.18. The lowest BCUT2D eigenvalue weighted by atomic mass is 10.1. The van der Waals surface area contributed by atoms with E-state index in [0.717, 1.165) is 13.1 Å². The second-order valence-electron chi connectivity index (χ2n) is 10.8. The lowest BCUT2D eigenvalue weighted by Crippen LogP contribution is -2.45. The number of nitrogens with zero attached hydrogens (tertiary/aromatic N) is 4. The summed E-state index contributed by atoms with van der Waals surface area (Å²) >= 11 is 0. The van der Waals surface area contributed by atoms with Gasteiger partial charge in [-0.05, 0) is 20.0 Å². The molecule has 3 heterocycles. The third-order valence-corrected chi connectivity index (χ3v) is 6.61. The van der Waals surface area contributed by atoms with Gasteiger partial charge in [0.05, 0.1) is 44.5 Å². The predicted octanol–water partition coefficient (Wildman–Crippen LogP) is 1.55. The number of anilines is 1. The summed E-state index contributed by atoms with van der Waals surface area (Å²) < 4.78 is 29.1. The lowest BCUT2D eigenvalue weighted by Gasteiger charge is -2.37. The Kier molecular flexibility index (Phi) is 6.98. The van der Waals surface area contributed by atoms with E-state index in [1.165, 1.54) is 12.3 Å². The summed E-state index contributed by atoms with van der Waals surface area (Å²) in [4.78, 5) is 42.0. The van der Waals surface area contributed by atoms with Crippen LogP contribution in [0.4, 0.5) is 10.1 Å². The minimum Gasteiger partial charge on any atom is -0.487 e. The van der Waals surface area contributed by atoms with Crippen LogP contribution in [0.2, 0.25) is 0 Å². The maximum Gasteiger partial charge on any atom is 0.344 e. The normalized spacial score (nSPS) is 19.2. The summed E-state index contributed by atoms with van der Waals surface area (Å²) in [6, 6.07) is 0.948. The minimum atomic E-state index is -1.11. The first-order chi connectivity index (χ1) is 16.9. The molecule has 2 aromatic rings. The number of pyridine rings is 1. The number of esters is 1. The van der Waals surface area contributed by atoms with Gasteiger partial charge in [-0.1, -0.05) is 0 Å². The van der Waals surface area contributed by atoms with E-state index < -0.39 is 29.3 Å². The number of carbonyl (C=O) groups excluding carboxylic acids is 1. The highest BCUT2D eigenvalue weighted by Crippen LogP contribution is 2.42. The smallest absolute Gasteiger partial charge is 0.344 e. The van der Waals surface area contributed by atoms with Gasteiger partial charge in [-0.3, -0.25) is 9.59 Å². The van der Waals surface area contributed by atoms with Gasteiger partial charge in [0.1, 0.15) is 24.4 Å². The summed E-state index contributed by atoms with van der Waals surface area (Å²) in [7, 11) is 7.56. The third kappa shape index (κ3) is 5.17. The molecular formula is C25H34FN4O6+. The molecule has 10 nitrogen and oxygen atoms in total. The molecule has 0 spiro atoms. The highest BCUT2D eigenvalue weighted by Gasteiger charge is 2.32. The van der Waals surface area contributed by atoms with Crippen LogP contribution in [0.25, 0.3) is 10.9 Å². The number of ether oxygens (including phenoxy) is 2. The number of piperazine rings is 1. The molecule has 36 heavy (non-hydrogen) atoms. The second-order valence-corrected chi connectivity index (χ2v) is 10.8. The number of rotatable bonds is 7. The van der Waals surface area contributed by atoms with Crippen LogP contribution in [-0.2, 0) is 9.53 Å². The Bertz CT molecular complexity index is 1250. The van der Waals surface area contributed by atoms with Crippen LogP contribution >= 0.6 is 0 Å². The fourth-order valence-corrected chi connectivity index (χ4v) is 4.85. The van der Waals surface area contributed by atoms with Crippen molar-refractivity contribution in [1.29, 1.82) is 0 Å². The topological polar surface area (TPSA) is 101 Å². The van der Waals surface area contributed by atoms with Crippen molar-refractivity contribution in [3.05, 3.63) is 33.9 Å². The summed E-state index contributed by atoms with van der Waals surface area (Å²) in [6.45, 7) is 5.16. The van der Waals surface area contributed by atoms with E-state index in [0.29, 0.717) is 34.5 Å². The Morgan fingerprint density at radius 2 is 1.92 bits per heavy atom. The van der Waals surface area contributed by atoms with Gasteiger partial charge in [0.2, 0.25) is 5.43 Å². The minimum absolute atomic E-state index is 0.0303. The summed E-state index contributed by atoms with van der Waals surface area (Å²) in [5.41, 5.74) is -0.159. The summed E-state index contributed by atoms with van der Waals surface area (Å²) in [6.07, 6.45) is 0.110. The molecule has 0 bridgehead atoms. The zero-order valence-corrected chi connectivity index (χ0v) is 21.4. The average Bonchev–Trinajstić information content (AvgIpc) is 2.76. The molecule has 2 aliphatic heterocycles. The third-order valence-electron chi connectivity index (χ3n) is 6.61. The lowest BCUT2D eigenvalue weighted by molar-refractivity contribution is -0.873. The zero-order chi connectivity index (χ0) is 26.4. The van der Waals surface area contributed by atoms with Gasteiger partial charge in [-0.25, -0.2) is 9.18 Å². The van der Waals surface area contributed by atoms with Crippen molar-refractivity contribution in [3.8, 4) is 5.75 Å². The first-order valence-electron chi connectivity index (χ1n) is 12.1. The quantitative estimate of drug-likeness (QED) is 0.447. The van der Waals surface area contributed by atoms with Crippen molar-refractivity contribution < 1.29 is 33.0 Å². The Morgan fingerprint density at radius 1 is 1.25 bits per heavy atom. The first-order valence-corrected chi connectivity index (χ1v) is 12.1. The number of carboxylic acids is 1. The molecule has 1 saturated heterocycles. The number of hydrogen-bond donors (Lipinski definition) is 1. The summed E-state index contributed by atoms with van der Waals surface area (Å²) in [5.74, 6) is -2.31. The number of carboxylic acid groups (broad SMARTS) is 1. The van der Waals surface area contributed by atoms with Gasteiger partial charge in [0.25, 0.3) is 0 Å². The van der Waals surface area contributed by atoms with Gasteiger partial charge in [0, 0.05) is 32.4 Å². The van der Waals surface area contributed by atoms with Crippen molar-refractivity contribution in [2.45, 2.75) is 25.5 Å². The molecular weight excluding hydrogens is 471 g/mol. The van der Waals surface area contributed by atoms with Crippen LogP contribution in [0.5, 0.6) is 5.75 Å². The van der Waals surface area contributed by atoms with Crippen LogP contribution in [0.3, 0.4) is 0 Å². The highest BCUT2D eigenvalue weighted by atomic mass is 19.1. The number of aromatic nitrogens is 1. The maximum absolute atomic E-state index is 15.5. The van der Waals surface area contributed by atoms with Gasteiger partial charge in [-0.15, -0.1) is 0 Å². The number of aliphatic carboxylic acids is 1. The van der Waals surface area contributed by atoms with Crippen molar-refractivity contribution in [2.75, 3.05) is 72.4 Å². The van der Waals surface area contributed by atoms with Crippen molar-refractivity contribution >= 4 is 28.5 Å². The number of hydrogen-bond acceptors (Lipinski definition) is 7. The second kappa shape index (κ2) is 9.70. The fraction of sp³-hybridized carbons (Fsp3) is 0.560.